The van der Waals surface area contributed by atoms with Crippen molar-refractivity contribution in [2.75, 3.05) is 0 Å². The number of aromatic nitrogens is 4. The molecular weight excluding hydrogens is 378 g/mol. The van der Waals surface area contributed by atoms with E-state index in [1.807, 2.05) is 12.1 Å². The lowest BCUT2D eigenvalue weighted by Crippen LogP contribution is -2.23. The molecule has 2 aromatic heterocycles. The van der Waals surface area contributed by atoms with Crippen LogP contribution in [0.3, 0.4) is 0 Å². The predicted octanol–water partition coefficient (Wildman–Crippen LogP) is 2.20. The van der Waals surface area contributed by atoms with Crippen LogP contribution in [-0.2, 0) is 0 Å². The molecule has 0 spiro atoms. The van der Waals surface area contributed by atoms with Gasteiger partial charge in [-0.25, -0.2) is 4.79 Å². The molecule has 1 aromatic carbocycles. The minimum absolute atomic E-state index is 0.0744. The van der Waals surface area contributed by atoms with Crippen molar-refractivity contribution >= 4 is 11.6 Å². The third-order valence-corrected chi connectivity index (χ3v) is 4.79. The van der Waals surface area contributed by atoms with Gasteiger partial charge in [-0.05, 0) is 30.2 Å². The van der Waals surface area contributed by atoms with Crippen molar-refractivity contribution in [3.8, 4) is 29.2 Å². The Labute approximate surface area is 164 Å². The summed E-state index contributed by atoms with van der Waals surface area (Å²) < 4.78 is 0. The smallest absolute Gasteiger partial charge is 0.313 e. The van der Waals surface area contributed by atoms with Gasteiger partial charge in [0.1, 0.15) is 11.8 Å². The van der Waals surface area contributed by atoms with E-state index in [1.54, 1.807) is 18.2 Å². The predicted molar refractivity (Wildman–Crippen MR) is 103 cm³/mol. The lowest BCUT2D eigenvalue weighted by atomic mass is 10.1. The molecule has 0 saturated heterocycles. The highest BCUT2D eigenvalue weighted by molar-refractivity contribution is 6.30. The van der Waals surface area contributed by atoms with E-state index in [-0.39, 0.29) is 22.6 Å². The van der Waals surface area contributed by atoms with Crippen LogP contribution in [-0.4, -0.2) is 20.2 Å². The van der Waals surface area contributed by atoms with Crippen LogP contribution in [0.1, 0.15) is 29.0 Å². The van der Waals surface area contributed by atoms with Crippen molar-refractivity contribution in [1.29, 1.82) is 5.26 Å². The summed E-state index contributed by atoms with van der Waals surface area (Å²) in [5.41, 5.74) is 1.37. The molecule has 2 atom stereocenters. The summed E-state index contributed by atoms with van der Waals surface area (Å²) in [6.07, 6.45) is 2.10. The molecule has 2 heterocycles. The summed E-state index contributed by atoms with van der Waals surface area (Å²) in [6.45, 7) is 0. The van der Waals surface area contributed by atoms with Crippen molar-refractivity contribution in [2.45, 2.75) is 12.3 Å². The fraction of sp³-hybridized carbons (Fsp3) is 0.150. The standard InChI is InChI=1S/C20H12ClN5O2/c21-18-15(8-17(25-26-18)16-10-23-20(28)24-19(16)27)14-7-12(14)6-5-11-3-1-2-4-13(11)9-22/h1-4,8,10,12,14H,7H2,(H2,23,24,27,28)/t12?,14-/m0/s1. The molecule has 0 amide bonds. The van der Waals surface area contributed by atoms with Crippen LogP contribution in [0.5, 0.6) is 0 Å². The Kier molecular flexibility index (Phi) is 4.52. The number of rotatable bonds is 2. The summed E-state index contributed by atoms with van der Waals surface area (Å²) in [7, 11) is 0. The number of aromatic amines is 2. The van der Waals surface area contributed by atoms with E-state index in [4.69, 9.17) is 16.9 Å². The molecule has 1 fully saturated rings. The number of hydrogen-bond donors (Lipinski definition) is 2. The summed E-state index contributed by atoms with van der Waals surface area (Å²) >= 11 is 6.21. The van der Waals surface area contributed by atoms with E-state index >= 15 is 0 Å². The second-order valence-corrected chi connectivity index (χ2v) is 6.69. The molecule has 0 bridgehead atoms. The minimum Gasteiger partial charge on any atom is -0.313 e. The van der Waals surface area contributed by atoms with Gasteiger partial charge in [0.05, 0.1) is 11.1 Å². The molecule has 8 heteroatoms. The average Bonchev–Trinajstić information content (AvgIpc) is 3.47. The van der Waals surface area contributed by atoms with E-state index in [0.717, 1.165) is 12.0 Å². The Hall–Kier alpha value is -3.68. The van der Waals surface area contributed by atoms with Crippen LogP contribution >= 0.6 is 11.6 Å². The monoisotopic (exact) mass is 389 g/mol. The molecule has 0 aliphatic heterocycles. The molecule has 2 N–H and O–H groups in total. The van der Waals surface area contributed by atoms with E-state index in [9.17, 15) is 9.59 Å². The molecule has 1 aliphatic carbocycles. The third kappa shape index (κ3) is 3.44. The lowest BCUT2D eigenvalue weighted by molar-refractivity contribution is 0.953. The van der Waals surface area contributed by atoms with Crippen LogP contribution in [0.15, 0.2) is 46.1 Å². The van der Waals surface area contributed by atoms with Crippen LogP contribution in [0.2, 0.25) is 5.15 Å². The van der Waals surface area contributed by atoms with E-state index < -0.39 is 11.2 Å². The average molecular weight is 390 g/mol. The molecule has 1 unspecified atom stereocenters. The second kappa shape index (κ2) is 7.15. The number of hydrogen-bond acceptors (Lipinski definition) is 5. The zero-order valence-corrected chi connectivity index (χ0v) is 15.1. The highest BCUT2D eigenvalue weighted by Crippen LogP contribution is 2.49. The zero-order valence-electron chi connectivity index (χ0n) is 14.4. The van der Waals surface area contributed by atoms with Gasteiger partial charge in [-0.2, -0.15) is 5.26 Å². The van der Waals surface area contributed by atoms with Gasteiger partial charge in [-0.3, -0.25) is 9.78 Å². The highest BCUT2D eigenvalue weighted by Gasteiger charge is 2.39. The van der Waals surface area contributed by atoms with Crippen molar-refractivity contribution in [3.63, 3.8) is 0 Å². The van der Waals surface area contributed by atoms with Crippen molar-refractivity contribution < 1.29 is 0 Å². The largest absolute Gasteiger partial charge is 0.325 e. The first-order valence-electron chi connectivity index (χ1n) is 8.43. The maximum atomic E-state index is 12.0. The quantitative estimate of drug-likeness (QED) is 0.652. The van der Waals surface area contributed by atoms with E-state index in [1.165, 1.54) is 6.20 Å². The summed E-state index contributed by atoms with van der Waals surface area (Å²) in [4.78, 5) is 27.7. The number of benzene rings is 1. The van der Waals surface area contributed by atoms with Crippen LogP contribution in [0, 0.1) is 29.1 Å². The number of halogens is 1. The first-order valence-corrected chi connectivity index (χ1v) is 8.81. The first-order chi connectivity index (χ1) is 13.6. The van der Waals surface area contributed by atoms with Gasteiger partial charge in [0.2, 0.25) is 0 Å². The number of nitrogens with one attached hydrogen (secondary N) is 2. The van der Waals surface area contributed by atoms with Gasteiger partial charge in [0.25, 0.3) is 5.56 Å². The van der Waals surface area contributed by atoms with Crippen molar-refractivity contribution in [1.82, 2.24) is 20.2 Å². The zero-order chi connectivity index (χ0) is 19.7. The Morgan fingerprint density at radius 1 is 1.18 bits per heavy atom. The number of H-pyrrole nitrogens is 2. The van der Waals surface area contributed by atoms with Crippen molar-refractivity contribution in [2.24, 2.45) is 5.92 Å². The molecule has 28 heavy (non-hydrogen) atoms. The fourth-order valence-electron chi connectivity index (χ4n) is 2.94. The molecule has 4 rings (SSSR count). The second-order valence-electron chi connectivity index (χ2n) is 6.34. The van der Waals surface area contributed by atoms with Gasteiger partial charge < -0.3 is 4.98 Å². The topological polar surface area (TPSA) is 115 Å². The van der Waals surface area contributed by atoms with E-state index in [2.05, 4.69) is 38.1 Å². The summed E-state index contributed by atoms with van der Waals surface area (Å²) in [5, 5.41) is 17.3. The van der Waals surface area contributed by atoms with Crippen LogP contribution in [0.25, 0.3) is 11.3 Å². The van der Waals surface area contributed by atoms with Gasteiger partial charge >= 0.3 is 5.69 Å². The van der Waals surface area contributed by atoms with Gasteiger partial charge in [0.15, 0.2) is 5.15 Å². The first kappa shape index (κ1) is 17.7. The Balaban J connectivity index is 1.62. The van der Waals surface area contributed by atoms with Gasteiger partial charge in [-0.15, -0.1) is 10.2 Å². The van der Waals surface area contributed by atoms with Crippen LogP contribution < -0.4 is 11.2 Å². The maximum absolute atomic E-state index is 12.0. The number of nitriles is 1. The Morgan fingerprint density at radius 2 is 1.96 bits per heavy atom. The number of nitrogens with zero attached hydrogens (tertiary/aromatic N) is 3. The minimum atomic E-state index is -0.592. The molecular formula is C20H12ClN5O2. The highest BCUT2D eigenvalue weighted by atomic mass is 35.5. The molecule has 0 radical (unpaired) electrons. The van der Waals surface area contributed by atoms with Crippen molar-refractivity contribution in [3.05, 3.63) is 79.2 Å². The Morgan fingerprint density at radius 3 is 2.71 bits per heavy atom. The molecule has 1 saturated carbocycles. The lowest BCUT2D eigenvalue weighted by Gasteiger charge is -2.04. The fourth-order valence-corrected chi connectivity index (χ4v) is 3.17. The van der Waals surface area contributed by atoms with Gasteiger partial charge in [0, 0.05) is 23.6 Å². The molecule has 136 valence electrons. The van der Waals surface area contributed by atoms with Crippen LogP contribution in [0.4, 0.5) is 0 Å². The van der Waals surface area contributed by atoms with E-state index in [0.29, 0.717) is 16.8 Å². The third-order valence-electron chi connectivity index (χ3n) is 4.50. The molecule has 3 aromatic rings. The Bertz CT molecular complexity index is 1290. The van der Waals surface area contributed by atoms with Gasteiger partial charge in [-0.1, -0.05) is 35.6 Å². The normalized spacial score (nSPS) is 17.3. The summed E-state index contributed by atoms with van der Waals surface area (Å²) in [5.74, 6) is 6.39. The SMILES string of the molecule is N#Cc1ccccc1C#CC1C[C@@H]1c1cc(-c2c[nH]c(=O)[nH]c2=O)nnc1Cl. The summed E-state index contributed by atoms with van der Waals surface area (Å²) in [6, 6.07) is 11.0. The maximum Gasteiger partial charge on any atom is 0.325 e. The molecule has 1 aliphatic rings. The molecule has 7 nitrogen and oxygen atoms in total.